The first-order valence-electron chi connectivity index (χ1n) is 6.08. The second-order valence-corrected chi connectivity index (χ2v) is 4.40. The predicted octanol–water partition coefficient (Wildman–Crippen LogP) is 3.07. The minimum atomic E-state index is 0.215. The van der Waals surface area contributed by atoms with Gasteiger partial charge in [0.1, 0.15) is 11.9 Å². The Kier molecular flexibility index (Phi) is 5.33. The molecule has 16 heavy (non-hydrogen) atoms. The fraction of sp³-hybridized carbons (Fsp3) is 0.571. The van der Waals surface area contributed by atoms with Crippen LogP contribution in [0.3, 0.4) is 0 Å². The summed E-state index contributed by atoms with van der Waals surface area (Å²) in [5.41, 5.74) is 2.45. The van der Waals surface area contributed by atoms with Crippen molar-refractivity contribution in [2.75, 3.05) is 13.1 Å². The fourth-order valence-electron chi connectivity index (χ4n) is 1.57. The van der Waals surface area contributed by atoms with E-state index in [0.717, 1.165) is 25.3 Å². The number of ether oxygens (including phenoxy) is 1. The molecule has 2 nitrogen and oxygen atoms in total. The molecule has 1 aromatic carbocycles. The van der Waals surface area contributed by atoms with Crippen LogP contribution in [-0.2, 0) is 0 Å². The highest BCUT2D eigenvalue weighted by Gasteiger charge is 2.05. The van der Waals surface area contributed by atoms with Gasteiger partial charge in [0.25, 0.3) is 0 Å². The van der Waals surface area contributed by atoms with Gasteiger partial charge in [0.15, 0.2) is 0 Å². The third-order valence-electron chi connectivity index (χ3n) is 2.53. The Morgan fingerprint density at radius 1 is 1.31 bits per heavy atom. The lowest BCUT2D eigenvalue weighted by Gasteiger charge is -2.17. The average molecular weight is 221 g/mol. The molecule has 1 N–H and O–H groups in total. The molecule has 0 aliphatic heterocycles. The molecule has 90 valence electrons. The summed E-state index contributed by atoms with van der Waals surface area (Å²) in [7, 11) is 0. The number of nitrogens with one attached hydrogen (secondary N) is 1. The molecule has 0 amide bonds. The van der Waals surface area contributed by atoms with Crippen molar-refractivity contribution in [3.8, 4) is 5.75 Å². The number of benzene rings is 1. The molecule has 0 bridgehead atoms. The lowest BCUT2D eigenvalue weighted by molar-refractivity contribution is 0.216. The van der Waals surface area contributed by atoms with Gasteiger partial charge in [0.2, 0.25) is 0 Å². The topological polar surface area (TPSA) is 21.3 Å². The molecule has 0 aliphatic rings. The number of aryl methyl sites for hydroxylation is 2. The van der Waals surface area contributed by atoms with Gasteiger partial charge >= 0.3 is 0 Å². The van der Waals surface area contributed by atoms with E-state index < -0.39 is 0 Å². The molecule has 0 saturated heterocycles. The van der Waals surface area contributed by atoms with Crippen LogP contribution >= 0.6 is 0 Å². The molecule has 1 aromatic rings. The highest BCUT2D eigenvalue weighted by atomic mass is 16.5. The van der Waals surface area contributed by atoms with Crippen molar-refractivity contribution >= 4 is 0 Å². The van der Waals surface area contributed by atoms with E-state index in [2.05, 4.69) is 51.2 Å². The van der Waals surface area contributed by atoms with Crippen molar-refractivity contribution in [1.82, 2.24) is 5.32 Å². The molecule has 1 rings (SSSR count). The molecule has 0 fully saturated rings. The van der Waals surface area contributed by atoms with Crippen LogP contribution in [0.4, 0.5) is 0 Å². The Bertz CT molecular complexity index is 323. The first-order chi connectivity index (χ1) is 7.63. The van der Waals surface area contributed by atoms with Crippen LogP contribution < -0.4 is 10.1 Å². The second kappa shape index (κ2) is 6.54. The molecule has 0 aromatic heterocycles. The molecule has 1 atom stereocenters. The van der Waals surface area contributed by atoms with E-state index in [1.165, 1.54) is 11.1 Å². The van der Waals surface area contributed by atoms with E-state index in [-0.39, 0.29) is 6.10 Å². The monoisotopic (exact) mass is 221 g/mol. The maximum absolute atomic E-state index is 5.91. The molecule has 0 aliphatic carbocycles. The van der Waals surface area contributed by atoms with Gasteiger partial charge in [0.05, 0.1) is 0 Å². The Labute approximate surface area is 99.0 Å². The van der Waals surface area contributed by atoms with E-state index in [4.69, 9.17) is 4.74 Å². The van der Waals surface area contributed by atoms with Gasteiger partial charge in [-0.15, -0.1) is 0 Å². The second-order valence-electron chi connectivity index (χ2n) is 4.40. The molecular formula is C14H23NO. The maximum atomic E-state index is 5.91. The van der Waals surface area contributed by atoms with E-state index in [1.807, 2.05) is 0 Å². The maximum Gasteiger partial charge on any atom is 0.122 e. The van der Waals surface area contributed by atoms with Crippen molar-refractivity contribution < 1.29 is 4.74 Å². The molecule has 0 saturated carbocycles. The Morgan fingerprint density at radius 3 is 2.75 bits per heavy atom. The van der Waals surface area contributed by atoms with Crippen LogP contribution in [0, 0.1) is 13.8 Å². The molecule has 2 heteroatoms. The quantitative estimate of drug-likeness (QED) is 0.745. The van der Waals surface area contributed by atoms with Crippen LogP contribution in [0.2, 0.25) is 0 Å². The summed E-state index contributed by atoms with van der Waals surface area (Å²) in [4.78, 5) is 0. The van der Waals surface area contributed by atoms with Crippen LogP contribution in [-0.4, -0.2) is 19.2 Å². The Balaban J connectivity index is 2.48. The van der Waals surface area contributed by atoms with Crippen molar-refractivity contribution in [3.63, 3.8) is 0 Å². The van der Waals surface area contributed by atoms with Crippen molar-refractivity contribution in [2.24, 2.45) is 0 Å². The predicted molar refractivity (Wildman–Crippen MR) is 69.2 cm³/mol. The third kappa shape index (κ3) is 4.23. The molecule has 0 radical (unpaired) electrons. The number of hydrogen-bond donors (Lipinski definition) is 1. The summed E-state index contributed by atoms with van der Waals surface area (Å²) in [6, 6.07) is 6.32. The standard InChI is InChI=1S/C14H23NO/c1-5-8-15-10-13(4)16-14-9-11(2)6-7-12(14)3/h6-7,9,13,15H,5,8,10H2,1-4H3. The highest BCUT2D eigenvalue weighted by Crippen LogP contribution is 2.20. The summed E-state index contributed by atoms with van der Waals surface area (Å²) in [5.74, 6) is 1.01. The smallest absolute Gasteiger partial charge is 0.122 e. The zero-order valence-electron chi connectivity index (χ0n) is 10.8. The van der Waals surface area contributed by atoms with Crippen molar-refractivity contribution in [1.29, 1.82) is 0 Å². The SMILES string of the molecule is CCCNCC(C)Oc1cc(C)ccc1C. The van der Waals surface area contributed by atoms with Gasteiger partial charge in [0, 0.05) is 6.54 Å². The van der Waals surface area contributed by atoms with E-state index in [1.54, 1.807) is 0 Å². The first kappa shape index (κ1) is 13.0. The minimum Gasteiger partial charge on any atom is -0.489 e. The lowest BCUT2D eigenvalue weighted by atomic mass is 10.1. The van der Waals surface area contributed by atoms with Crippen molar-refractivity contribution in [2.45, 2.75) is 40.2 Å². The van der Waals surface area contributed by atoms with Gasteiger partial charge in [-0.05, 0) is 50.9 Å². The van der Waals surface area contributed by atoms with Crippen molar-refractivity contribution in [3.05, 3.63) is 29.3 Å². The first-order valence-corrected chi connectivity index (χ1v) is 6.08. The Hall–Kier alpha value is -1.02. The van der Waals surface area contributed by atoms with E-state index >= 15 is 0 Å². The van der Waals surface area contributed by atoms with Crippen LogP contribution in [0.5, 0.6) is 5.75 Å². The van der Waals surface area contributed by atoms with Crippen LogP contribution in [0.1, 0.15) is 31.4 Å². The van der Waals surface area contributed by atoms with Gasteiger partial charge in [-0.3, -0.25) is 0 Å². The average Bonchev–Trinajstić information content (AvgIpc) is 2.24. The van der Waals surface area contributed by atoms with Gasteiger partial charge in [-0.2, -0.15) is 0 Å². The summed E-state index contributed by atoms with van der Waals surface area (Å²) in [6.45, 7) is 10.4. The fourth-order valence-corrected chi connectivity index (χ4v) is 1.57. The van der Waals surface area contributed by atoms with E-state index in [0.29, 0.717) is 0 Å². The lowest BCUT2D eigenvalue weighted by Crippen LogP contribution is -2.29. The van der Waals surface area contributed by atoms with Crippen LogP contribution in [0.15, 0.2) is 18.2 Å². The summed E-state index contributed by atoms with van der Waals surface area (Å²) in [6.07, 6.45) is 1.38. The minimum absolute atomic E-state index is 0.215. The largest absolute Gasteiger partial charge is 0.489 e. The number of hydrogen-bond acceptors (Lipinski definition) is 2. The highest BCUT2D eigenvalue weighted by molar-refractivity contribution is 5.36. The molecule has 1 unspecified atom stereocenters. The Morgan fingerprint density at radius 2 is 2.06 bits per heavy atom. The van der Waals surface area contributed by atoms with Gasteiger partial charge < -0.3 is 10.1 Å². The van der Waals surface area contributed by atoms with Gasteiger partial charge in [-0.25, -0.2) is 0 Å². The zero-order chi connectivity index (χ0) is 12.0. The third-order valence-corrected chi connectivity index (χ3v) is 2.53. The van der Waals surface area contributed by atoms with Crippen LogP contribution in [0.25, 0.3) is 0 Å². The summed E-state index contributed by atoms with van der Waals surface area (Å²) >= 11 is 0. The van der Waals surface area contributed by atoms with Gasteiger partial charge in [-0.1, -0.05) is 19.1 Å². The normalized spacial score (nSPS) is 12.5. The zero-order valence-corrected chi connectivity index (χ0v) is 10.8. The van der Waals surface area contributed by atoms with E-state index in [9.17, 15) is 0 Å². The molecule has 0 spiro atoms. The number of rotatable bonds is 6. The summed E-state index contributed by atoms with van der Waals surface area (Å²) < 4.78 is 5.91. The molecular weight excluding hydrogens is 198 g/mol. The summed E-state index contributed by atoms with van der Waals surface area (Å²) in [5, 5.41) is 3.36. The molecule has 0 heterocycles.